The van der Waals surface area contributed by atoms with E-state index in [1.807, 2.05) is 0 Å². The van der Waals surface area contributed by atoms with E-state index >= 15 is 0 Å². The van der Waals surface area contributed by atoms with Crippen LogP contribution in [0.15, 0.2) is 21.1 Å². The van der Waals surface area contributed by atoms with E-state index in [0.717, 1.165) is 5.69 Å². The highest BCUT2D eigenvalue weighted by Crippen LogP contribution is 2.31. The van der Waals surface area contributed by atoms with Crippen molar-refractivity contribution in [1.29, 1.82) is 0 Å². The highest BCUT2D eigenvalue weighted by Gasteiger charge is 2.04. The van der Waals surface area contributed by atoms with E-state index < -0.39 is 0 Å². The molecule has 0 spiro atoms. The summed E-state index contributed by atoms with van der Waals surface area (Å²) in [6.07, 6.45) is 0. The molecule has 1 aromatic carbocycles. The Morgan fingerprint density at radius 3 is 2.09 bits per heavy atom. The quantitative estimate of drug-likeness (QED) is 0.833. The van der Waals surface area contributed by atoms with Crippen molar-refractivity contribution in [2.75, 3.05) is 12.4 Å². The number of hydrogen-bond donors (Lipinski definition) is 1. The number of halogens is 3. The van der Waals surface area contributed by atoms with Gasteiger partial charge in [0.2, 0.25) is 0 Å². The third-order valence-corrected chi connectivity index (χ3v) is 2.51. The van der Waals surface area contributed by atoms with Crippen molar-refractivity contribution >= 4 is 37.5 Å². The van der Waals surface area contributed by atoms with Crippen LogP contribution in [0.25, 0.3) is 0 Å². The molecule has 0 amide bonds. The van der Waals surface area contributed by atoms with Crippen LogP contribution >= 0.6 is 31.9 Å². The number of rotatable bonds is 1. The van der Waals surface area contributed by atoms with Gasteiger partial charge >= 0.3 is 0 Å². The molecule has 0 aliphatic rings. The smallest absolute Gasteiger partial charge is 0.125 e. The Bertz CT molecular complexity index is 252. The zero-order valence-corrected chi connectivity index (χ0v) is 8.96. The van der Waals surface area contributed by atoms with Gasteiger partial charge in [-0.25, -0.2) is 4.39 Å². The van der Waals surface area contributed by atoms with Crippen LogP contribution < -0.4 is 5.32 Å². The highest BCUT2D eigenvalue weighted by atomic mass is 79.9. The van der Waals surface area contributed by atoms with Crippen LogP contribution in [-0.4, -0.2) is 7.05 Å². The minimum Gasteiger partial charge on any atom is -0.386 e. The molecule has 0 heterocycles. The van der Waals surface area contributed by atoms with Gasteiger partial charge in [-0.15, -0.1) is 0 Å². The van der Waals surface area contributed by atoms with Gasteiger partial charge in [0.25, 0.3) is 0 Å². The molecule has 0 aliphatic heterocycles. The molecule has 0 atom stereocenters. The fraction of sp³-hybridized carbons (Fsp3) is 0.143. The second-order valence-corrected chi connectivity index (χ2v) is 3.70. The van der Waals surface area contributed by atoms with E-state index in [-0.39, 0.29) is 5.82 Å². The second-order valence-electron chi connectivity index (χ2n) is 1.99. The topological polar surface area (TPSA) is 12.0 Å². The van der Waals surface area contributed by atoms with E-state index in [1.54, 1.807) is 7.05 Å². The maximum absolute atomic E-state index is 12.7. The zero-order valence-electron chi connectivity index (χ0n) is 5.79. The summed E-state index contributed by atoms with van der Waals surface area (Å²) >= 11 is 6.45. The van der Waals surface area contributed by atoms with Crippen LogP contribution in [0, 0.1) is 5.82 Å². The molecule has 0 saturated heterocycles. The molecule has 0 radical (unpaired) electrons. The Kier molecular flexibility index (Phi) is 2.90. The lowest BCUT2D eigenvalue weighted by molar-refractivity contribution is 0.626. The van der Waals surface area contributed by atoms with Gasteiger partial charge in [-0.1, -0.05) is 0 Å². The Balaban J connectivity index is 3.25. The molecule has 4 heteroatoms. The Morgan fingerprint density at radius 2 is 1.73 bits per heavy atom. The normalized spacial score (nSPS) is 9.82. The molecule has 1 aromatic rings. The average molecular weight is 283 g/mol. The van der Waals surface area contributed by atoms with Crippen LogP contribution in [0.5, 0.6) is 0 Å². The lowest BCUT2D eigenvalue weighted by atomic mass is 10.3. The first-order chi connectivity index (χ1) is 5.15. The van der Waals surface area contributed by atoms with Gasteiger partial charge in [0.1, 0.15) is 5.82 Å². The molecule has 0 bridgehead atoms. The van der Waals surface area contributed by atoms with Crippen LogP contribution in [0.3, 0.4) is 0 Å². The third kappa shape index (κ3) is 1.93. The van der Waals surface area contributed by atoms with Crippen LogP contribution in [0.1, 0.15) is 0 Å². The number of nitrogens with one attached hydrogen (secondary N) is 1. The molecule has 0 fully saturated rings. The summed E-state index contributed by atoms with van der Waals surface area (Å²) in [5.41, 5.74) is 0.853. The van der Waals surface area contributed by atoms with Gasteiger partial charge in [0.15, 0.2) is 0 Å². The summed E-state index contributed by atoms with van der Waals surface area (Å²) in [5, 5.41) is 2.93. The first kappa shape index (κ1) is 9.00. The monoisotopic (exact) mass is 281 g/mol. The number of hydrogen-bond acceptors (Lipinski definition) is 1. The summed E-state index contributed by atoms with van der Waals surface area (Å²) in [5.74, 6) is -0.261. The maximum atomic E-state index is 12.7. The minimum absolute atomic E-state index is 0.261. The van der Waals surface area contributed by atoms with Gasteiger partial charge in [0, 0.05) is 16.0 Å². The van der Waals surface area contributed by atoms with E-state index in [1.165, 1.54) is 12.1 Å². The summed E-state index contributed by atoms with van der Waals surface area (Å²) in [4.78, 5) is 0. The van der Waals surface area contributed by atoms with E-state index in [9.17, 15) is 4.39 Å². The van der Waals surface area contributed by atoms with Gasteiger partial charge in [-0.05, 0) is 44.0 Å². The maximum Gasteiger partial charge on any atom is 0.125 e. The summed E-state index contributed by atoms with van der Waals surface area (Å²) in [7, 11) is 1.78. The molecule has 0 unspecified atom stereocenters. The van der Waals surface area contributed by atoms with Gasteiger partial charge in [-0.3, -0.25) is 0 Å². The van der Waals surface area contributed by atoms with Crippen molar-refractivity contribution in [2.24, 2.45) is 0 Å². The highest BCUT2D eigenvalue weighted by molar-refractivity contribution is 9.11. The summed E-state index contributed by atoms with van der Waals surface area (Å²) < 4.78 is 14.1. The largest absolute Gasteiger partial charge is 0.386 e. The standard InChI is InChI=1S/C7H6Br2FN/c1-11-7-5(8)2-4(10)3-6(7)9/h2-3,11H,1H3. The predicted octanol–water partition coefficient (Wildman–Crippen LogP) is 3.39. The van der Waals surface area contributed by atoms with Crippen molar-refractivity contribution in [3.8, 4) is 0 Å². The van der Waals surface area contributed by atoms with Gasteiger partial charge in [-0.2, -0.15) is 0 Å². The fourth-order valence-corrected chi connectivity index (χ4v) is 2.31. The molecular formula is C7H6Br2FN. The van der Waals surface area contributed by atoms with E-state index in [0.29, 0.717) is 8.95 Å². The predicted molar refractivity (Wildman–Crippen MR) is 51.3 cm³/mol. The molecule has 0 saturated carbocycles. The average Bonchev–Trinajstić information content (AvgIpc) is 1.85. The Hall–Kier alpha value is -0.0900. The van der Waals surface area contributed by atoms with E-state index in [2.05, 4.69) is 37.2 Å². The summed E-state index contributed by atoms with van der Waals surface area (Å²) in [6.45, 7) is 0. The first-order valence-electron chi connectivity index (χ1n) is 2.97. The molecule has 0 aromatic heterocycles. The van der Waals surface area contributed by atoms with Gasteiger partial charge in [0.05, 0.1) is 5.69 Å². The molecule has 60 valence electrons. The molecule has 11 heavy (non-hydrogen) atoms. The number of anilines is 1. The van der Waals surface area contributed by atoms with Crippen molar-refractivity contribution in [3.05, 3.63) is 26.9 Å². The number of benzene rings is 1. The van der Waals surface area contributed by atoms with Crippen molar-refractivity contribution in [1.82, 2.24) is 0 Å². The summed E-state index contributed by atoms with van der Waals surface area (Å²) in [6, 6.07) is 2.83. The van der Waals surface area contributed by atoms with Crippen LogP contribution in [-0.2, 0) is 0 Å². The Labute approximate surface area is 81.2 Å². The first-order valence-corrected chi connectivity index (χ1v) is 4.56. The van der Waals surface area contributed by atoms with Crippen LogP contribution in [0.2, 0.25) is 0 Å². The minimum atomic E-state index is -0.261. The molecule has 0 aliphatic carbocycles. The van der Waals surface area contributed by atoms with Crippen LogP contribution in [0.4, 0.5) is 10.1 Å². The fourth-order valence-electron chi connectivity index (χ4n) is 0.781. The lowest BCUT2D eigenvalue weighted by Gasteiger charge is -2.05. The van der Waals surface area contributed by atoms with Crippen molar-refractivity contribution < 1.29 is 4.39 Å². The molecular weight excluding hydrogens is 277 g/mol. The Morgan fingerprint density at radius 1 is 1.27 bits per heavy atom. The lowest BCUT2D eigenvalue weighted by Crippen LogP contribution is -1.91. The van der Waals surface area contributed by atoms with Crippen molar-refractivity contribution in [3.63, 3.8) is 0 Å². The van der Waals surface area contributed by atoms with E-state index in [4.69, 9.17) is 0 Å². The zero-order chi connectivity index (χ0) is 8.43. The third-order valence-electron chi connectivity index (χ3n) is 1.26. The molecule has 1 N–H and O–H groups in total. The van der Waals surface area contributed by atoms with Gasteiger partial charge < -0.3 is 5.32 Å². The SMILES string of the molecule is CNc1c(Br)cc(F)cc1Br. The molecule has 1 nitrogen and oxygen atoms in total. The molecule has 1 rings (SSSR count). The van der Waals surface area contributed by atoms with Crippen molar-refractivity contribution in [2.45, 2.75) is 0 Å². The second kappa shape index (κ2) is 3.54.